The summed E-state index contributed by atoms with van der Waals surface area (Å²) in [5.41, 5.74) is 5.32. The Morgan fingerprint density at radius 2 is 1.49 bits per heavy atom. The molecule has 1 aliphatic rings. The molecule has 53 heavy (non-hydrogen) atoms. The van der Waals surface area contributed by atoms with Gasteiger partial charge in [0.05, 0.1) is 12.5 Å². The van der Waals surface area contributed by atoms with E-state index in [4.69, 9.17) is 4.74 Å². The number of amides is 1. The highest BCUT2D eigenvalue weighted by molar-refractivity contribution is 5.99. The topological polar surface area (TPSA) is 110 Å². The van der Waals surface area contributed by atoms with Gasteiger partial charge in [0, 0.05) is 54.0 Å². The summed E-state index contributed by atoms with van der Waals surface area (Å²) >= 11 is 0. The Morgan fingerprint density at radius 3 is 2.11 bits per heavy atom. The molecule has 1 aromatic heterocycles. The van der Waals surface area contributed by atoms with Crippen LogP contribution in [0, 0.1) is 11.8 Å². The van der Waals surface area contributed by atoms with Crippen molar-refractivity contribution in [3.63, 3.8) is 0 Å². The molecule has 4 aromatic rings. The zero-order valence-corrected chi connectivity index (χ0v) is 32.0. The Morgan fingerprint density at radius 1 is 0.849 bits per heavy atom. The molecule has 1 saturated heterocycles. The standard InChI is InChI=1S/C45H55N3O5/c1-6-7-8-9-10-26-53-39-23-19-33(20-24-39)37-29-46-42(47-30-37)35-15-13-32(14-16-35)27-36(43(50)48-25-11-12-40(31(48)2)44(51)52)28-41(49)34-17-21-38(22-18-34)45(3,4)5/h13-24,29-31,36,40H,6-12,25-28H2,1-5H3,(H,51,52)/t31-,36-,40-/m1/s1. The van der Waals surface area contributed by atoms with Crippen LogP contribution >= 0.6 is 0 Å². The summed E-state index contributed by atoms with van der Waals surface area (Å²) in [5, 5.41) is 9.80. The normalized spacial score (nSPS) is 16.6. The van der Waals surface area contributed by atoms with Crippen LogP contribution in [0.4, 0.5) is 0 Å². The largest absolute Gasteiger partial charge is 0.494 e. The van der Waals surface area contributed by atoms with E-state index in [0.717, 1.165) is 46.6 Å². The van der Waals surface area contributed by atoms with E-state index in [-0.39, 0.29) is 23.5 Å². The maximum absolute atomic E-state index is 14.1. The number of hydrogen-bond acceptors (Lipinski definition) is 6. The van der Waals surface area contributed by atoms with E-state index in [1.54, 1.807) is 11.8 Å². The van der Waals surface area contributed by atoms with Crippen molar-refractivity contribution in [1.29, 1.82) is 0 Å². The molecular weight excluding hydrogens is 663 g/mol. The van der Waals surface area contributed by atoms with Crippen LogP contribution in [0.25, 0.3) is 22.5 Å². The fourth-order valence-electron chi connectivity index (χ4n) is 7.10. The number of ether oxygens (including phenoxy) is 1. The number of carbonyl (C=O) groups excluding carboxylic acids is 2. The van der Waals surface area contributed by atoms with Gasteiger partial charge >= 0.3 is 5.97 Å². The van der Waals surface area contributed by atoms with E-state index in [1.807, 2.05) is 85.2 Å². The van der Waals surface area contributed by atoms with Crippen molar-refractivity contribution >= 4 is 17.7 Å². The third-order valence-electron chi connectivity index (χ3n) is 10.5. The van der Waals surface area contributed by atoms with Gasteiger partial charge in [-0.1, -0.05) is 114 Å². The first-order valence-electron chi connectivity index (χ1n) is 19.3. The predicted molar refractivity (Wildman–Crippen MR) is 210 cm³/mol. The summed E-state index contributed by atoms with van der Waals surface area (Å²) in [5.74, 6) is -0.974. The summed E-state index contributed by atoms with van der Waals surface area (Å²) in [7, 11) is 0. The average molecular weight is 718 g/mol. The van der Waals surface area contributed by atoms with Crippen molar-refractivity contribution in [2.24, 2.45) is 11.8 Å². The second-order valence-electron chi connectivity index (χ2n) is 15.5. The monoisotopic (exact) mass is 717 g/mol. The summed E-state index contributed by atoms with van der Waals surface area (Å²) in [4.78, 5) is 50.7. The van der Waals surface area contributed by atoms with Crippen molar-refractivity contribution in [2.45, 2.75) is 104 Å². The molecule has 1 fully saturated rings. The molecule has 0 bridgehead atoms. The number of Topliss-reactive ketones (excluding diaryl/α,β-unsaturated/α-hetero) is 1. The molecule has 0 aliphatic carbocycles. The quantitative estimate of drug-likeness (QED) is 0.0908. The van der Waals surface area contributed by atoms with Crippen LogP contribution in [0.5, 0.6) is 5.75 Å². The Balaban J connectivity index is 1.26. The molecule has 3 aromatic carbocycles. The molecule has 8 nitrogen and oxygen atoms in total. The highest BCUT2D eigenvalue weighted by Crippen LogP contribution is 2.30. The van der Waals surface area contributed by atoms with E-state index in [0.29, 0.717) is 37.2 Å². The van der Waals surface area contributed by atoms with Crippen LogP contribution in [0.1, 0.15) is 107 Å². The first-order valence-corrected chi connectivity index (χ1v) is 19.3. The fraction of sp³-hybridized carbons (Fsp3) is 0.444. The summed E-state index contributed by atoms with van der Waals surface area (Å²) in [6.45, 7) is 11.6. The van der Waals surface area contributed by atoms with Gasteiger partial charge in [0.2, 0.25) is 5.91 Å². The van der Waals surface area contributed by atoms with E-state index < -0.39 is 23.8 Å². The average Bonchev–Trinajstić information content (AvgIpc) is 3.16. The molecule has 1 aliphatic heterocycles. The Labute approximate surface area is 315 Å². The number of ketones is 1. The van der Waals surface area contributed by atoms with Crippen molar-refractivity contribution in [3.05, 3.63) is 102 Å². The number of benzene rings is 3. The number of piperidine rings is 1. The maximum atomic E-state index is 14.1. The first kappa shape index (κ1) is 39.4. The zero-order chi connectivity index (χ0) is 38.0. The smallest absolute Gasteiger partial charge is 0.308 e. The van der Waals surface area contributed by atoms with Crippen LogP contribution in [-0.4, -0.2) is 56.8 Å². The van der Waals surface area contributed by atoms with Crippen LogP contribution in [0.3, 0.4) is 0 Å². The molecule has 3 atom stereocenters. The second-order valence-corrected chi connectivity index (χ2v) is 15.5. The number of rotatable bonds is 16. The van der Waals surface area contributed by atoms with Gasteiger partial charge in [0.15, 0.2) is 11.6 Å². The van der Waals surface area contributed by atoms with Gasteiger partial charge in [0.25, 0.3) is 0 Å². The number of unbranched alkanes of at least 4 members (excludes halogenated alkanes) is 4. The molecule has 5 rings (SSSR count). The summed E-state index contributed by atoms with van der Waals surface area (Å²) in [6, 6.07) is 23.0. The van der Waals surface area contributed by atoms with Gasteiger partial charge in [-0.3, -0.25) is 14.4 Å². The van der Waals surface area contributed by atoms with Crippen molar-refractivity contribution in [2.75, 3.05) is 13.2 Å². The Kier molecular flexibility index (Phi) is 13.6. The number of nitrogens with zero attached hydrogens (tertiary/aromatic N) is 3. The lowest BCUT2D eigenvalue weighted by molar-refractivity contribution is -0.150. The highest BCUT2D eigenvalue weighted by Gasteiger charge is 2.38. The van der Waals surface area contributed by atoms with E-state index in [9.17, 15) is 19.5 Å². The van der Waals surface area contributed by atoms with E-state index >= 15 is 0 Å². The molecule has 8 heteroatoms. The predicted octanol–water partition coefficient (Wildman–Crippen LogP) is 9.60. The summed E-state index contributed by atoms with van der Waals surface area (Å²) < 4.78 is 5.91. The molecule has 1 amide bonds. The fourth-order valence-corrected chi connectivity index (χ4v) is 7.10. The molecule has 1 N–H and O–H groups in total. The molecule has 0 unspecified atom stereocenters. The number of aliphatic carboxylic acids is 1. The van der Waals surface area contributed by atoms with Crippen LogP contribution in [0.15, 0.2) is 85.2 Å². The molecular formula is C45H55N3O5. The Bertz CT molecular complexity index is 1800. The number of hydrogen-bond donors (Lipinski definition) is 1. The third-order valence-corrected chi connectivity index (χ3v) is 10.5. The van der Waals surface area contributed by atoms with Crippen LogP contribution in [-0.2, 0) is 21.4 Å². The van der Waals surface area contributed by atoms with Crippen molar-refractivity contribution in [3.8, 4) is 28.3 Å². The molecule has 0 saturated carbocycles. The number of aromatic nitrogens is 2. The highest BCUT2D eigenvalue weighted by atomic mass is 16.5. The van der Waals surface area contributed by atoms with Crippen LogP contribution < -0.4 is 4.74 Å². The minimum Gasteiger partial charge on any atom is -0.494 e. The van der Waals surface area contributed by atoms with Crippen molar-refractivity contribution in [1.82, 2.24) is 14.9 Å². The van der Waals surface area contributed by atoms with Gasteiger partial charge in [0.1, 0.15) is 5.75 Å². The molecule has 2 heterocycles. The minimum absolute atomic E-state index is 0.0349. The first-order chi connectivity index (χ1) is 25.4. The van der Waals surface area contributed by atoms with E-state index in [2.05, 4.69) is 37.7 Å². The van der Waals surface area contributed by atoms with Gasteiger partial charge in [-0.15, -0.1) is 0 Å². The molecule has 0 radical (unpaired) electrons. The number of carboxylic acid groups (broad SMARTS) is 1. The molecule has 280 valence electrons. The number of likely N-dealkylation sites (tertiary alicyclic amines) is 1. The molecule has 0 spiro atoms. The maximum Gasteiger partial charge on any atom is 0.308 e. The lowest BCUT2D eigenvalue weighted by Crippen LogP contribution is -2.51. The van der Waals surface area contributed by atoms with Crippen LogP contribution in [0.2, 0.25) is 0 Å². The van der Waals surface area contributed by atoms with Gasteiger partial charge in [-0.2, -0.15) is 0 Å². The lowest BCUT2D eigenvalue weighted by Gasteiger charge is -2.39. The Hall–Kier alpha value is -4.85. The SMILES string of the molecule is CCCCCCCOc1ccc(-c2cnc(-c3ccc(C[C@H](CC(=O)c4ccc(C(C)(C)C)cc4)C(=O)N4CCC[C@@H](C(=O)O)[C@H]4C)cc3)nc2)cc1. The third kappa shape index (κ3) is 10.6. The zero-order valence-electron chi connectivity index (χ0n) is 32.0. The lowest BCUT2D eigenvalue weighted by atomic mass is 9.85. The number of carbonyl (C=O) groups is 3. The van der Waals surface area contributed by atoms with Gasteiger partial charge in [-0.05, 0) is 66.8 Å². The van der Waals surface area contributed by atoms with Gasteiger partial charge < -0.3 is 14.7 Å². The summed E-state index contributed by atoms with van der Waals surface area (Å²) in [6.07, 6.45) is 11.2. The second kappa shape index (κ2) is 18.3. The minimum atomic E-state index is -0.890. The van der Waals surface area contributed by atoms with Gasteiger partial charge in [-0.25, -0.2) is 9.97 Å². The van der Waals surface area contributed by atoms with E-state index in [1.165, 1.54) is 25.7 Å². The number of carboxylic acids is 1. The van der Waals surface area contributed by atoms with Crippen molar-refractivity contribution < 1.29 is 24.2 Å².